The Morgan fingerprint density at radius 2 is 1.76 bits per heavy atom. The number of ether oxygens (including phenoxy) is 4. The second kappa shape index (κ2) is 10.5. The van der Waals surface area contributed by atoms with Gasteiger partial charge in [-0.2, -0.15) is 0 Å². The lowest BCUT2D eigenvalue weighted by molar-refractivity contribution is -0.140. The van der Waals surface area contributed by atoms with Crippen LogP contribution in [0.25, 0.3) is 5.76 Å². The van der Waals surface area contributed by atoms with Crippen molar-refractivity contribution in [1.29, 1.82) is 0 Å². The average Bonchev–Trinajstić information content (AvgIpc) is 3.49. The number of likely N-dealkylation sites (tertiary alicyclic amines) is 1. The van der Waals surface area contributed by atoms with E-state index < -0.39 is 17.7 Å². The van der Waals surface area contributed by atoms with Gasteiger partial charge < -0.3 is 29.0 Å². The number of hydrogen-bond acceptors (Lipinski definition) is 7. The highest BCUT2D eigenvalue weighted by Crippen LogP contribution is 2.42. The maximum atomic E-state index is 13.4. The molecule has 38 heavy (non-hydrogen) atoms. The SMILES string of the molecule is COc1cccc(C2/C(=C(\O)c3cccc(OCC(C)C)c3)C(=O)C(=O)N2Cc2ccc3c(c2)OCO3)c1. The second-order valence-electron chi connectivity index (χ2n) is 9.62. The minimum absolute atomic E-state index is 0.00464. The first-order chi connectivity index (χ1) is 18.4. The van der Waals surface area contributed by atoms with Crippen LogP contribution in [0.1, 0.15) is 36.6 Å². The fourth-order valence-corrected chi connectivity index (χ4v) is 4.59. The molecule has 0 aliphatic carbocycles. The number of carbonyl (C=O) groups excluding carboxylic acids is 2. The van der Waals surface area contributed by atoms with Crippen molar-refractivity contribution in [2.75, 3.05) is 20.5 Å². The van der Waals surface area contributed by atoms with Crippen LogP contribution in [0.5, 0.6) is 23.0 Å². The van der Waals surface area contributed by atoms with E-state index in [1.807, 2.05) is 19.9 Å². The van der Waals surface area contributed by atoms with Crippen LogP contribution < -0.4 is 18.9 Å². The molecule has 8 heteroatoms. The topological polar surface area (TPSA) is 94.5 Å². The van der Waals surface area contributed by atoms with Crippen LogP contribution in [-0.2, 0) is 16.1 Å². The van der Waals surface area contributed by atoms with Crippen molar-refractivity contribution >= 4 is 17.4 Å². The lowest BCUT2D eigenvalue weighted by atomic mass is 9.95. The van der Waals surface area contributed by atoms with Gasteiger partial charge in [-0.25, -0.2) is 0 Å². The number of methoxy groups -OCH3 is 1. The molecular weight excluding hydrogens is 486 g/mol. The van der Waals surface area contributed by atoms with Crippen LogP contribution in [-0.4, -0.2) is 42.2 Å². The number of Topliss-reactive ketones (excluding diaryl/α,β-unsaturated/α-hetero) is 1. The molecule has 1 atom stereocenters. The minimum atomic E-state index is -0.837. The number of aliphatic hydroxyl groups excluding tert-OH is 1. The van der Waals surface area contributed by atoms with Crippen molar-refractivity contribution in [3.63, 3.8) is 0 Å². The Kier molecular flexibility index (Phi) is 6.96. The summed E-state index contributed by atoms with van der Waals surface area (Å²) in [6, 6.07) is 18.6. The summed E-state index contributed by atoms with van der Waals surface area (Å²) in [5, 5.41) is 11.4. The van der Waals surface area contributed by atoms with Gasteiger partial charge in [-0.05, 0) is 53.4 Å². The summed E-state index contributed by atoms with van der Waals surface area (Å²) in [6.45, 7) is 4.84. The zero-order valence-corrected chi connectivity index (χ0v) is 21.5. The summed E-state index contributed by atoms with van der Waals surface area (Å²) in [5.74, 6) is 0.931. The van der Waals surface area contributed by atoms with Gasteiger partial charge >= 0.3 is 0 Å². The first kappa shape index (κ1) is 25.2. The van der Waals surface area contributed by atoms with Gasteiger partial charge in [0.1, 0.15) is 17.3 Å². The molecule has 3 aromatic carbocycles. The minimum Gasteiger partial charge on any atom is -0.507 e. The standard InChI is InChI=1S/C30H29NO7/c1-18(2)16-36-23-9-5-7-21(14-23)28(32)26-27(20-6-4-8-22(13-20)35-3)31(30(34)29(26)33)15-19-10-11-24-25(12-19)38-17-37-24/h4-14,18,27,32H,15-17H2,1-3H3/b28-26+. The third kappa shape index (κ3) is 4.89. The van der Waals surface area contributed by atoms with Crippen molar-refractivity contribution in [1.82, 2.24) is 4.90 Å². The Balaban J connectivity index is 1.58. The maximum Gasteiger partial charge on any atom is 0.295 e. The number of rotatable bonds is 8. The first-order valence-electron chi connectivity index (χ1n) is 12.4. The molecule has 0 bridgehead atoms. The molecule has 2 aliphatic heterocycles. The van der Waals surface area contributed by atoms with Crippen molar-refractivity contribution < 1.29 is 33.6 Å². The molecule has 5 rings (SSSR count). The lowest BCUT2D eigenvalue weighted by Gasteiger charge is -2.26. The molecule has 1 saturated heterocycles. The molecule has 1 amide bonds. The summed E-state index contributed by atoms with van der Waals surface area (Å²) in [4.78, 5) is 28.3. The summed E-state index contributed by atoms with van der Waals surface area (Å²) in [7, 11) is 1.55. The van der Waals surface area contributed by atoms with Crippen LogP contribution in [0.3, 0.4) is 0 Å². The molecule has 3 aromatic rings. The van der Waals surface area contributed by atoms with E-state index in [0.717, 1.165) is 5.56 Å². The molecule has 0 saturated carbocycles. The Bertz CT molecular complexity index is 1410. The van der Waals surface area contributed by atoms with Gasteiger partial charge in [0, 0.05) is 12.1 Å². The number of amides is 1. The second-order valence-corrected chi connectivity index (χ2v) is 9.62. The number of fused-ring (bicyclic) bond motifs is 1. The van der Waals surface area contributed by atoms with Gasteiger partial charge in [0.2, 0.25) is 6.79 Å². The van der Waals surface area contributed by atoms with Crippen LogP contribution in [0.15, 0.2) is 72.3 Å². The summed E-state index contributed by atoms with van der Waals surface area (Å²) in [5.41, 5.74) is 1.79. The number of benzene rings is 3. The highest BCUT2D eigenvalue weighted by Gasteiger charge is 2.46. The van der Waals surface area contributed by atoms with Crippen molar-refractivity contribution in [3.8, 4) is 23.0 Å². The predicted molar refractivity (Wildman–Crippen MR) is 140 cm³/mol. The van der Waals surface area contributed by atoms with E-state index in [1.54, 1.807) is 67.8 Å². The smallest absolute Gasteiger partial charge is 0.295 e. The summed E-state index contributed by atoms with van der Waals surface area (Å²) in [6.07, 6.45) is 0. The third-order valence-corrected chi connectivity index (χ3v) is 6.43. The largest absolute Gasteiger partial charge is 0.507 e. The molecule has 2 heterocycles. The molecule has 196 valence electrons. The van der Waals surface area contributed by atoms with E-state index in [0.29, 0.717) is 46.6 Å². The van der Waals surface area contributed by atoms with Gasteiger partial charge in [-0.3, -0.25) is 9.59 Å². The molecule has 1 N–H and O–H groups in total. The maximum absolute atomic E-state index is 13.4. The highest BCUT2D eigenvalue weighted by molar-refractivity contribution is 6.46. The van der Waals surface area contributed by atoms with E-state index in [2.05, 4.69) is 0 Å². The molecule has 8 nitrogen and oxygen atoms in total. The molecule has 0 radical (unpaired) electrons. The molecule has 1 unspecified atom stereocenters. The van der Waals surface area contributed by atoms with Crippen LogP contribution >= 0.6 is 0 Å². The predicted octanol–water partition coefficient (Wildman–Crippen LogP) is 5.08. The van der Waals surface area contributed by atoms with E-state index >= 15 is 0 Å². The zero-order valence-electron chi connectivity index (χ0n) is 21.5. The van der Waals surface area contributed by atoms with E-state index in [-0.39, 0.29) is 24.7 Å². The number of aliphatic hydroxyl groups is 1. The monoisotopic (exact) mass is 515 g/mol. The Morgan fingerprint density at radius 3 is 2.55 bits per heavy atom. The van der Waals surface area contributed by atoms with Crippen LogP contribution in [0.4, 0.5) is 0 Å². The quantitative estimate of drug-likeness (QED) is 0.254. The normalized spacial score (nSPS) is 17.8. The summed E-state index contributed by atoms with van der Waals surface area (Å²) >= 11 is 0. The van der Waals surface area contributed by atoms with Crippen molar-refractivity contribution in [2.45, 2.75) is 26.4 Å². The Hall–Kier alpha value is -4.46. The van der Waals surface area contributed by atoms with Gasteiger partial charge in [0.05, 0.1) is 25.3 Å². The van der Waals surface area contributed by atoms with Crippen molar-refractivity contribution in [3.05, 3.63) is 89.0 Å². The third-order valence-electron chi connectivity index (χ3n) is 6.43. The molecule has 0 spiro atoms. The molecule has 2 aliphatic rings. The van der Waals surface area contributed by atoms with Gasteiger partial charge in [-0.15, -0.1) is 0 Å². The Labute approximate surface area is 221 Å². The fourth-order valence-electron chi connectivity index (χ4n) is 4.59. The number of carbonyl (C=O) groups is 2. The molecular formula is C30H29NO7. The highest BCUT2D eigenvalue weighted by atomic mass is 16.7. The first-order valence-corrected chi connectivity index (χ1v) is 12.4. The van der Waals surface area contributed by atoms with Gasteiger partial charge in [0.25, 0.3) is 11.7 Å². The molecule has 1 fully saturated rings. The Morgan fingerprint density at radius 1 is 1.00 bits per heavy atom. The average molecular weight is 516 g/mol. The van der Waals surface area contributed by atoms with Gasteiger partial charge in [0.15, 0.2) is 11.5 Å². The summed E-state index contributed by atoms with van der Waals surface area (Å²) < 4.78 is 22.1. The van der Waals surface area contributed by atoms with E-state index in [1.165, 1.54) is 4.90 Å². The lowest BCUT2D eigenvalue weighted by Crippen LogP contribution is -2.29. The molecule has 0 aromatic heterocycles. The van der Waals surface area contributed by atoms with Crippen LogP contribution in [0, 0.1) is 5.92 Å². The van der Waals surface area contributed by atoms with E-state index in [9.17, 15) is 14.7 Å². The number of hydrogen-bond donors (Lipinski definition) is 1. The number of nitrogens with zero attached hydrogens (tertiary/aromatic N) is 1. The van der Waals surface area contributed by atoms with Crippen molar-refractivity contribution in [2.24, 2.45) is 5.92 Å². The van der Waals surface area contributed by atoms with Gasteiger partial charge in [-0.1, -0.05) is 44.2 Å². The fraction of sp³-hybridized carbons (Fsp3) is 0.267. The van der Waals surface area contributed by atoms with E-state index in [4.69, 9.17) is 18.9 Å². The zero-order chi connectivity index (χ0) is 26.8. The number of ketones is 1. The van der Waals surface area contributed by atoms with Crippen LogP contribution in [0.2, 0.25) is 0 Å².